The number of rotatable bonds is 7. The van der Waals surface area contributed by atoms with Gasteiger partial charge in [-0.25, -0.2) is 0 Å². The van der Waals surface area contributed by atoms with Crippen LogP contribution in [-0.4, -0.2) is 6.54 Å². The van der Waals surface area contributed by atoms with Crippen LogP contribution in [-0.2, 0) is 0 Å². The van der Waals surface area contributed by atoms with Crippen molar-refractivity contribution in [2.45, 2.75) is 32.2 Å². The van der Waals surface area contributed by atoms with E-state index in [4.69, 9.17) is 0 Å². The molecule has 0 aliphatic rings. The molecule has 1 atom stereocenters. The maximum absolute atomic E-state index is 3.83. The van der Waals surface area contributed by atoms with Gasteiger partial charge in [-0.15, -0.1) is 6.58 Å². The zero-order valence-corrected chi connectivity index (χ0v) is 13.6. The van der Waals surface area contributed by atoms with E-state index >= 15 is 0 Å². The van der Waals surface area contributed by atoms with Gasteiger partial charge in [-0.05, 0) is 60.3 Å². The van der Waals surface area contributed by atoms with Crippen LogP contribution < -0.4 is 5.32 Å². The first-order chi connectivity index (χ1) is 9.74. The Bertz CT molecular complexity index is 577. The van der Waals surface area contributed by atoms with Crippen molar-refractivity contribution >= 4 is 26.7 Å². The van der Waals surface area contributed by atoms with E-state index in [1.807, 2.05) is 6.08 Å². The van der Waals surface area contributed by atoms with Gasteiger partial charge in [-0.2, -0.15) is 0 Å². The third kappa shape index (κ3) is 3.94. The molecule has 20 heavy (non-hydrogen) atoms. The highest BCUT2D eigenvalue weighted by atomic mass is 79.9. The quantitative estimate of drug-likeness (QED) is 0.650. The molecule has 0 amide bonds. The van der Waals surface area contributed by atoms with Crippen LogP contribution >= 0.6 is 15.9 Å². The standard InChI is InChI=1S/C18H22BrN/c1-3-5-6-18(20-11-4-2)16-8-7-15-13-17(19)10-9-14(15)12-16/h3,7-10,12-13,18,20H,1,4-6,11H2,2H3. The number of allylic oxidation sites excluding steroid dienone is 1. The van der Waals surface area contributed by atoms with Crippen molar-refractivity contribution in [3.8, 4) is 0 Å². The van der Waals surface area contributed by atoms with Gasteiger partial charge in [0.2, 0.25) is 0 Å². The molecule has 1 nitrogen and oxygen atoms in total. The van der Waals surface area contributed by atoms with Crippen molar-refractivity contribution in [2.24, 2.45) is 0 Å². The molecule has 0 aliphatic carbocycles. The highest BCUT2D eigenvalue weighted by molar-refractivity contribution is 9.10. The summed E-state index contributed by atoms with van der Waals surface area (Å²) in [6.07, 6.45) is 5.30. The van der Waals surface area contributed by atoms with Gasteiger partial charge in [-0.3, -0.25) is 0 Å². The molecule has 1 N–H and O–H groups in total. The van der Waals surface area contributed by atoms with E-state index in [0.29, 0.717) is 6.04 Å². The summed E-state index contributed by atoms with van der Waals surface area (Å²) in [5.74, 6) is 0. The van der Waals surface area contributed by atoms with Crippen molar-refractivity contribution in [2.75, 3.05) is 6.54 Å². The average molecular weight is 332 g/mol. The van der Waals surface area contributed by atoms with E-state index in [2.05, 4.69) is 71.1 Å². The lowest BCUT2D eigenvalue weighted by Gasteiger charge is -2.19. The summed E-state index contributed by atoms with van der Waals surface area (Å²) in [5, 5.41) is 6.22. The monoisotopic (exact) mass is 331 g/mol. The predicted octanol–water partition coefficient (Wildman–Crippen LogP) is 5.61. The number of benzene rings is 2. The van der Waals surface area contributed by atoms with Crippen LogP contribution in [0.15, 0.2) is 53.5 Å². The average Bonchev–Trinajstić information content (AvgIpc) is 2.47. The number of halogens is 1. The zero-order valence-electron chi connectivity index (χ0n) is 12.0. The fraction of sp³-hybridized carbons (Fsp3) is 0.333. The second-order valence-electron chi connectivity index (χ2n) is 5.12. The van der Waals surface area contributed by atoms with Crippen molar-refractivity contribution in [1.82, 2.24) is 5.32 Å². The Labute approximate surface area is 130 Å². The molecule has 1 unspecified atom stereocenters. The maximum Gasteiger partial charge on any atom is 0.0323 e. The lowest BCUT2D eigenvalue weighted by Crippen LogP contribution is -2.22. The summed E-state index contributed by atoms with van der Waals surface area (Å²) < 4.78 is 1.13. The third-order valence-electron chi connectivity index (χ3n) is 3.53. The Hall–Kier alpha value is -1.12. The molecule has 0 fully saturated rings. The second-order valence-corrected chi connectivity index (χ2v) is 6.04. The van der Waals surface area contributed by atoms with Crippen LogP contribution in [0, 0.1) is 0 Å². The van der Waals surface area contributed by atoms with Gasteiger partial charge >= 0.3 is 0 Å². The molecule has 0 saturated carbocycles. The smallest absolute Gasteiger partial charge is 0.0323 e. The second kappa shape index (κ2) is 7.61. The van der Waals surface area contributed by atoms with E-state index in [0.717, 1.165) is 30.3 Å². The summed E-state index contributed by atoms with van der Waals surface area (Å²) in [5.41, 5.74) is 1.37. The molecule has 2 aromatic carbocycles. The topological polar surface area (TPSA) is 12.0 Å². The van der Waals surface area contributed by atoms with Gasteiger partial charge in [-0.1, -0.05) is 47.1 Å². The molecule has 0 spiro atoms. The molecule has 2 heteroatoms. The molecule has 0 radical (unpaired) electrons. The highest BCUT2D eigenvalue weighted by Crippen LogP contribution is 2.25. The predicted molar refractivity (Wildman–Crippen MR) is 92.1 cm³/mol. The minimum atomic E-state index is 0.418. The summed E-state index contributed by atoms with van der Waals surface area (Å²) >= 11 is 3.52. The number of hydrogen-bond acceptors (Lipinski definition) is 1. The molecule has 106 valence electrons. The van der Waals surface area contributed by atoms with Crippen LogP contribution in [0.25, 0.3) is 10.8 Å². The number of nitrogens with one attached hydrogen (secondary N) is 1. The molecule has 2 rings (SSSR count). The van der Waals surface area contributed by atoms with Crippen molar-refractivity contribution in [3.63, 3.8) is 0 Å². The van der Waals surface area contributed by atoms with Crippen molar-refractivity contribution in [3.05, 3.63) is 59.1 Å². The van der Waals surface area contributed by atoms with Crippen LogP contribution in [0.3, 0.4) is 0 Å². The first kappa shape index (κ1) is 15.3. The van der Waals surface area contributed by atoms with Crippen LogP contribution in [0.1, 0.15) is 37.8 Å². The van der Waals surface area contributed by atoms with E-state index in [1.54, 1.807) is 0 Å². The van der Waals surface area contributed by atoms with E-state index in [1.165, 1.54) is 16.3 Å². The van der Waals surface area contributed by atoms with Gasteiger partial charge in [0.1, 0.15) is 0 Å². The normalized spacial score (nSPS) is 12.5. The highest BCUT2D eigenvalue weighted by Gasteiger charge is 2.10. The molecule has 0 saturated heterocycles. The summed E-state index contributed by atoms with van der Waals surface area (Å²) in [6, 6.07) is 13.6. The SMILES string of the molecule is C=CCCC(NCCC)c1ccc2cc(Br)ccc2c1. The van der Waals surface area contributed by atoms with Crippen molar-refractivity contribution < 1.29 is 0 Å². The maximum atomic E-state index is 3.83. The van der Waals surface area contributed by atoms with Crippen LogP contribution in [0.4, 0.5) is 0 Å². The lowest BCUT2D eigenvalue weighted by atomic mass is 9.98. The zero-order chi connectivity index (χ0) is 14.4. The fourth-order valence-electron chi connectivity index (χ4n) is 2.44. The van der Waals surface area contributed by atoms with Crippen molar-refractivity contribution in [1.29, 1.82) is 0 Å². The fourth-order valence-corrected chi connectivity index (χ4v) is 2.82. The van der Waals surface area contributed by atoms with Gasteiger partial charge in [0.05, 0.1) is 0 Å². The summed E-state index contributed by atoms with van der Waals surface area (Å²) in [7, 11) is 0. The van der Waals surface area contributed by atoms with Gasteiger partial charge in [0, 0.05) is 10.5 Å². The lowest BCUT2D eigenvalue weighted by molar-refractivity contribution is 0.503. The Balaban J connectivity index is 2.26. The molecule has 2 aromatic rings. The Morgan fingerprint density at radius 3 is 2.70 bits per heavy atom. The summed E-state index contributed by atoms with van der Waals surface area (Å²) in [4.78, 5) is 0. The molecule has 0 aliphatic heterocycles. The van der Waals surface area contributed by atoms with Gasteiger partial charge < -0.3 is 5.32 Å². The molecule has 0 aromatic heterocycles. The van der Waals surface area contributed by atoms with Gasteiger partial charge in [0.15, 0.2) is 0 Å². The van der Waals surface area contributed by atoms with E-state index in [-0.39, 0.29) is 0 Å². The number of hydrogen-bond donors (Lipinski definition) is 1. The molecule has 0 bridgehead atoms. The van der Waals surface area contributed by atoms with E-state index < -0.39 is 0 Å². The Morgan fingerprint density at radius 1 is 1.20 bits per heavy atom. The third-order valence-corrected chi connectivity index (χ3v) is 4.02. The summed E-state index contributed by atoms with van der Waals surface area (Å²) in [6.45, 7) is 7.09. The minimum Gasteiger partial charge on any atom is -0.310 e. The largest absolute Gasteiger partial charge is 0.310 e. The van der Waals surface area contributed by atoms with Gasteiger partial charge in [0.25, 0.3) is 0 Å². The minimum absolute atomic E-state index is 0.418. The van der Waals surface area contributed by atoms with Crippen LogP contribution in [0.2, 0.25) is 0 Å². The molecular weight excluding hydrogens is 310 g/mol. The Kier molecular flexibility index (Phi) is 5.81. The van der Waals surface area contributed by atoms with Crippen LogP contribution in [0.5, 0.6) is 0 Å². The first-order valence-electron chi connectivity index (χ1n) is 7.28. The molecular formula is C18H22BrN. The molecule has 0 heterocycles. The first-order valence-corrected chi connectivity index (χ1v) is 8.07. The Morgan fingerprint density at radius 2 is 1.95 bits per heavy atom. The van der Waals surface area contributed by atoms with E-state index in [9.17, 15) is 0 Å². The number of fused-ring (bicyclic) bond motifs is 1.